The summed E-state index contributed by atoms with van der Waals surface area (Å²) in [7, 11) is 1.66. The minimum Gasteiger partial charge on any atom is -0.493 e. The topological polar surface area (TPSA) is 39.7 Å². The number of hydrogen-bond acceptors (Lipinski definition) is 4. The van der Waals surface area contributed by atoms with E-state index in [1.165, 1.54) is 11.1 Å². The molecule has 0 radical (unpaired) electrons. The van der Waals surface area contributed by atoms with E-state index in [-0.39, 0.29) is 0 Å². The minimum atomic E-state index is 0.527. The summed E-state index contributed by atoms with van der Waals surface area (Å²) in [4.78, 5) is 0. The second kappa shape index (κ2) is 10.7. The number of benzene rings is 2. The maximum atomic E-state index is 5.70. The van der Waals surface area contributed by atoms with Gasteiger partial charge in [-0.05, 0) is 43.1 Å². The van der Waals surface area contributed by atoms with Crippen molar-refractivity contribution < 1.29 is 14.2 Å². The Morgan fingerprint density at radius 2 is 1.75 bits per heavy atom. The molecule has 0 fully saturated rings. The van der Waals surface area contributed by atoms with Crippen molar-refractivity contribution in [2.24, 2.45) is 0 Å². The first-order chi connectivity index (χ1) is 11.8. The van der Waals surface area contributed by atoms with Crippen LogP contribution in [0.4, 0.5) is 0 Å². The van der Waals surface area contributed by atoms with E-state index in [0.29, 0.717) is 19.8 Å². The Kier molecular flexibility index (Phi) is 8.15. The average molecular weight is 329 g/mol. The van der Waals surface area contributed by atoms with Gasteiger partial charge in [-0.15, -0.1) is 0 Å². The second-order valence-electron chi connectivity index (χ2n) is 5.44. The summed E-state index contributed by atoms with van der Waals surface area (Å²) in [5, 5.41) is 3.46. The zero-order chi connectivity index (χ0) is 17.0. The number of rotatable bonds is 11. The van der Waals surface area contributed by atoms with Crippen LogP contribution in [0.3, 0.4) is 0 Å². The monoisotopic (exact) mass is 329 g/mol. The van der Waals surface area contributed by atoms with E-state index in [2.05, 4.69) is 35.6 Å². The minimum absolute atomic E-state index is 0.527. The highest BCUT2D eigenvalue weighted by Crippen LogP contribution is 2.28. The molecule has 0 saturated heterocycles. The highest BCUT2D eigenvalue weighted by Gasteiger charge is 2.06. The van der Waals surface area contributed by atoms with Gasteiger partial charge in [-0.1, -0.05) is 36.4 Å². The molecule has 0 atom stereocenters. The van der Waals surface area contributed by atoms with Gasteiger partial charge in [0.15, 0.2) is 11.5 Å². The second-order valence-corrected chi connectivity index (χ2v) is 5.44. The van der Waals surface area contributed by atoms with Gasteiger partial charge in [0.2, 0.25) is 0 Å². The molecule has 0 spiro atoms. The third-order valence-corrected chi connectivity index (χ3v) is 3.68. The van der Waals surface area contributed by atoms with Crippen molar-refractivity contribution in [3.63, 3.8) is 0 Å². The first kappa shape index (κ1) is 18.3. The van der Waals surface area contributed by atoms with E-state index in [1.807, 2.05) is 25.1 Å². The van der Waals surface area contributed by atoms with Gasteiger partial charge in [0, 0.05) is 13.2 Å². The van der Waals surface area contributed by atoms with Crippen LogP contribution >= 0.6 is 0 Å². The molecule has 130 valence electrons. The van der Waals surface area contributed by atoms with Crippen molar-refractivity contribution in [1.82, 2.24) is 5.32 Å². The molecule has 4 nitrogen and oxygen atoms in total. The Balaban J connectivity index is 1.78. The quantitative estimate of drug-likeness (QED) is 0.641. The van der Waals surface area contributed by atoms with E-state index in [1.54, 1.807) is 7.11 Å². The summed E-state index contributed by atoms with van der Waals surface area (Å²) in [5.41, 5.74) is 2.53. The fourth-order valence-electron chi connectivity index (χ4n) is 2.41. The van der Waals surface area contributed by atoms with Gasteiger partial charge in [0.1, 0.15) is 6.61 Å². The van der Waals surface area contributed by atoms with Crippen LogP contribution in [0.5, 0.6) is 11.5 Å². The maximum Gasteiger partial charge on any atom is 0.161 e. The molecule has 4 heteroatoms. The van der Waals surface area contributed by atoms with E-state index >= 15 is 0 Å². The molecule has 0 saturated carbocycles. The molecule has 24 heavy (non-hydrogen) atoms. The molecule has 0 aliphatic heterocycles. The lowest BCUT2D eigenvalue weighted by Gasteiger charge is -2.12. The van der Waals surface area contributed by atoms with Crippen molar-refractivity contribution in [3.8, 4) is 11.5 Å². The number of ether oxygens (including phenoxy) is 3. The summed E-state index contributed by atoms with van der Waals surface area (Å²) in [6, 6.07) is 16.5. The van der Waals surface area contributed by atoms with E-state index < -0.39 is 0 Å². The van der Waals surface area contributed by atoms with Gasteiger partial charge < -0.3 is 19.5 Å². The molecule has 0 amide bonds. The molecule has 0 aliphatic carbocycles. The zero-order valence-electron chi connectivity index (χ0n) is 14.6. The number of methoxy groups -OCH3 is 1. The van der Waals surface area contributed by atoms with Crippen molar-refractivity contribution in [3.05, 3.63) is 59.7 Å². The van der Waals surface area contributed by atoms with Crippen LogP contribution in [-0.4, -0.2) is 33.5 Å². The van der Waals surface area contributed by atoms with E-state index in [9.17, 15) is 0 Å². The molecular weight excluding hydrogens is 302 g/mol. The molecule has 2 aromatic rings. The van der Waals surface area contributed by atoms with Crippen molar-refractivity contribution in [2.45, 2.75) is 19.9 Å². The van der Waals surface area contributed by atoms with Crippen LogP contribution < -0.4 is 14.8 Å². The predicted octanol–water partition coefficient (Wildman–Crippen LogP) is 3.44. The summed E-state index contributed by atoms with van der Waals surface area (Å²) >= 11 is 0. The van der Waals surface area contributed by atoms with Crippen LogP contribution in [-0.2, 0) is 17.7 Å². The van der Waals surface area contributed by atoms with Crippen LogP contribution in [0.2, 0.25) is 0 Å². The molecule has 0 heterocycles. The summed E-state index contributed by atoms with van der Waals surface area (Å²) in [6.45, 7) is 5.54. The standard InChI is InChI=1S/C20H27NO3/c1-3-23-13-14-24-19-10-9-18(15-20(19)22-2)16-21-12-11-17-7-5-4-6-8-17/h4-10,15,21H,3,11-14,16H2,1-2H3. The Morgan fingerprint density at radius 3 is 2.50 bits per heavy atom. The molecule has 1 N–H and O–H groups in total. The van der Waals surface area contributed by atoms with Gasteiger partial charge in [-0.25, -0.2) is 0 Å². The fourth-order valence-corrected chi connectivity index (χ4v) is 2.41. The third kappa shape index (κ3) is 6.22. The Hall–Kier alpha value is -2.04. The SMILES string of the molecule is CCOCCOc1ccc(CNCCc2ccccc2)cc1OC. The predicted molar refractivity (Wildman–Crippen MR) is 96.8 cm³/mol. The average Bonchev–Trinajstić information content (AvgIpc) is 2.64. The van der Waals surface area contributed by atoms with E-state index in [4.69, 9.17) is 14.2 Å². The highest BCUT2D eigenvalue weighted by atomic mass is 16.5. The molecule has 0 aromatic heterocycles. The third-order valence-electron chi connectivity index (χ3n) is 3.68. The molecule has 0 bridgehead atoms. The van der Waals surface area contributed by atoms with Gasteiger partial charge in [0.05, 0.1) is 13.7 Å². The summed E-state index contributed by atoms with van der Waals surface area (Å²) < 4.78 is 16.4. The molecule has 2 rings (SSSR count). The lowest BCUT2D eigenvalue weighted by atomic mass is 10.1. The maximum absolute atomic E-state index is 5.70. The Morgan fingerprint density at radius 1 is 0.917 bits per heavy atom. The molecule has 0 aliphatic rings. The first-order valence-corrected chi connectivity index (χ1v) is 8.45. The van der Waals surface area contributed by atoms with Gasteiger partial charge >= 0.3 is 0 Å². The van der Waals surface area contributed by atoms with Crippen LogP contribution in [0.25, 0.3) is 0 Å². The van der Waals surface area contributed by atoms with Crippen LogP contribution in [0, 0.1) is 0 Å². The number of hydrogen-bond donors (Lipinski definition) is 1. The smallest absolute Gasteiger partial charge is 0.161 e. The fraction of sp³-hybridized carbons (Fsp3) is 0.400. The highest BCUT2D eigenvalue weighted by molar-refractivity contribution is 5.42. The normalized spacial score (nSPS) is 10.6. The molecule has 2 aromatic carbocycles. The Bertz CT molecular complexity index is 587. The van der Waals surface area contributed by atoms with Gasteiger partial charge in [-0.3, -0.25) is 0 Å². The van der Waals surface area contributed by atoms with Crippen molar-refractivity contribution in [2.75, 3.05) is 33.5 Å². The lowest BCUT2D eigenvalue weighted by molar-refractivity contribution is 0.109. The lowest BCUT2D eigenvalue weighted by Crippen LogP contribution is -2.16. The Labute approximate surface area is 144 Å². The van der Waals surface area contributed by atoms with Crippen molar-refractivity contribution >= 4 is 0 Å². The largest absolute Gasteiger partial charge is 0.493 e. The molecule has 0 unspecified atom stereocenters. The molecular formula is C20H27NO3. The number of nitrogens with one attached hydrogen (secondary N) is 1. The first-order valence-electron chi connectivity index (χ1n) is 8.45. The summed E-state index contributed by atoms with van der Waals surface area (Å²) in [5.74, 6) is 1.51. The van der Waals surface area contributed by atoms with E-state index in [0.717, 1.165) is 31.0 Å². The van der Waals surface area contributed by atoms with Crippen LogP contribution in [0.1, 0.15) is 18.1 Å². The van der Waals surface area contributed by atoms with Gasteiger partial charge in [0.25, 0.3) is 0 Å². The van der Waals surface area contributed by atoms with Crippen molar-refractivity contribution in [1.29, 1.82) is 0 Å². The zero-order valence-corrected chi connectivity index (χ0v) is 14.6. The summed E-state index contributed by atoms with van der Waals surface area (Å²) in [6.07, 6.45) is 1.02. The van der Waals surface area contributed by atoms with Gasteiger partial charge in [-0.2, -0.15) is 0 Å². The van der Waals surface area contributed by atoms with Crippen LogP contribution in [0.15, 0.2) is 48.5 Å².